The van der Waals surface area contributed by atoms with E-state index >= 15 is 0 Å². The molecule has 1 atom stereocenters. The number of hydrogen-bond acceptors (Lipinski definition) is 7. The first kappa shape index (κ1) is 29.2. The van der Waals surface area contributed by atoms with Crippen molar-refractivity contribution in [1.82, 2.24) is 25.5 Å². The summed E-state index contributed by atoms with van der Waals surface area (Å²) >= 11 is 0. The monoisotopic (exact) mass is 574 g/mol. The van der Waals surface area contributed by atoms with Crippen LogP contribution in [-0.2, 0) is 16.6 Å². The fourth-order valence-corrected chi connectivity index (χ4v) is 6.28. The first-order valence-electron chi connectivity index (χ1n) is 14.3. The molecule has 4 heterocycles. The molecule has 222 valence electrons. The zero-order valence-electron chi connectivity index (χ0n) is 23.2. The maximum absolute atomic E-state index is 13.2. The van der Waals surface area contributed by atoms with Gasteiger partial charge in [-0.1, -0.05) is 0 Å². The van der Waals surface area contributed by atoms with Gasteiger partial charge in [-0.15, -0.1) is 0 Å². The fraction of sp³-hybridized carbons (Fsp3) is 0.586. The van der Waals surface area contributed by atoms with Gasteiger partial charge in [0.25, 0.3) is 5.91 Å². The molecule has 41 heavy (non-hydrogen) atoms. The smallest absolute Gasteiger partial charge is 0.384 e. The van der Waals surface area contributed by atoms with Gasteiger partial charge in [-0.25, -0.2) is 4.98 Å². The third-order valence-electron chi connectivity index (χ3n) is 8.75. The molecule has 2 amide bonds. The molecule has 1 unspecified atom stereocenters. The maximum atomic E-state index is 13.2. The van der Waals surface area contributed by atoms with Crippen LogP contribution in [-0.4, -0.2) is 77.1 Å². The quantitative estimate of drug-likeness (QED) is 0.487. The lowest BCUT2D eigenvalue weighted by Crippen LogP contribution is -2.46. The summed E-state index contributed by atoms with van der Waals surface area (Å²) in [5.74, 6) is 0.0659. The predicted molar refractivity (Wildman–Crippen MR) is 146 cm³/mol. The fourth-order valence-electron chi connectivity index (χ4n) is 6.28. The van der Waals surface area contributed by atoms with E-state index in [9.17, 15) is 27.9 Å². The molecule has 3 N–H and O–H groups in total. The molecule has 1 saturated carbocycles. The van der Waals surface area contributed by atoms with Gasteiger partial charge in [0.1, 0.15) is 11.4 Å². The number of carbonyl (C=O) groups excluding carboxylic acids is 2. The summed E-state index contributed by atoms with van der Waals surface area (Å²) in [5.41, 5.74) is -0.702. The number of alkyl halides is 3. The number of piperidine rings is 1. The van der Waals surface area contributed by atoms with Crippen LogP contribution in [0.3, 0.4) is 0 Å². The second-order valence-corrected chi connectivity index (χ2v) is 11.4. The highest BCUT2D eigenvalue weighted by atomic mass is 19.4. The van der Waals surface area contributed by atoms with E-state index in [2.05, 4.69) is 20.6 Å². The van der Waals surface area contributed by atoms with Gasteiger partial charge in [0.2, 0.25) is 5.91 Å². The Morgan fingerprint density at radius 1 is 1.00 bits per heavy atom. The van der Waals surface area contributed by atoms with Crippen LogP contribution in [0.4, 0.5) is 19.0 Å². The average Bonchev–Trinajstić information content (AvgIpc) is 3.46. The van der Waals surface area contributed by atoms with Gasteiger partial charge in [0.05, 0.1) is 16.8 Å². The molecule has 2 aliphatic heterocycles. The highest BCUT2D eigenvalue weighted by molar-refractivity contribution is 5.93. The van der Waals surface area contributed by atoms with Crippen LogP contribution in [0, 0.1) is 5.92 Å². The largest absolute Gasteiger partial charge is 0.416 e. The first-order chi connectivity index (χ1) is 19.6. The maximum Gasteiger partial charge on any atom is 0.416 e. The molecule has 2 aromatic rings. The Hall–Kier alpha value is -3.25. The summed E-state index contributed by atoms with van der Waals surface area (Å²) in [4.78, 5) is 37.2. The molecule has 0 aromatic carbocycles. The van der Waals surface area contributed by atoms with Crippen molar-refractivity contribution >= 4 is 17.6 Å². The normalized spacial score (nSPS) is 25.8. The van der Waals surface area contributed by atoms with E-state index in [0.717, 1.165) is 31.4 Å². The van der Waals surface area contributed by atoms with Crippen molar-refractivity contribution in [2.24, 2.45) is 5.92 Å². The third kappa shape index (κ3) is 6.64. The van der Waals surface area contributed by atoms with E-state index in [1.807, 2.05) is 9.80 Å². The van der Waals surface area contributed by atoms with Gasteiger partial charge in [0, 0.05) is 63.6 Å². The molecular weight excluding hydrogens is 537 g/mol. The van der Waals surface area contributed by atoms with E-state index in [1.54, 1.807) is 19.2 Å². The van der Waals surface area contributed by atoms with Crippen molar-refractivity contribution in [2.75, 3.05) is 38.1 Å². The number of aliphatic hydroxyl groups is 1. The lowest BCUT2D eigenvalue weighted by molar-refractivity contribution is -0.137. The number of aromatic nitrogens is 2. The molecule has 5 rings (SSSR count). The van der Waals surface area contributed by atoms with E-state index < -0.39 is 17.3 Å². The van der Waals surface area contributed by atoms with Crippen LogP contribution >= 0.6 is 0 Å². The number of rotatable bonds is 6. The standard InChI is InChI=1S/C29H37F3N6O3/c1-33-26(39)20-2-3-24(35-17-20)28(41)10-4-22(5-11-28)36-23-9-15-38(18-23)27(40)19-7-13-37(14-8-19)25-16-21(6-12-34-25)29(30,31)32/h2-3,6,12,16-17,19,22-23,36,41H,4-5,7-11,13-15,18H2,1H3,(H,33,39). The topological polar surface area (TPSA) is 111 Å². The number of amides is 2. The Morgan fingerprint density at radius 2 is 1.73 bits per heavy atom. The number of carbonyl (C=O) groups is 2. The van der Waals surface area contributed by atoms with Crippen molar-refractivity contribution in [1.29, 1.82) is 0 Å². The summed E-state index contributed by atoms with van der Waals surface area (Å²) in [6.45, 7) is 2.31. The Morgan fingerprint density at radius 3 is 2.37 bits per heavy atom. The summed E-state index contributed by atoms with van der Waals surface area (Å²) < 4.78 is 39.2. The highest BCUT2D eigenvalue weighted by Gasteiger charge is 2.39. The molecule has 0 radical (unpaired) electrons. The van der Waals surface area contributed by atoms with E-state index in [-0.39, 0.29) is 29.8 Å². The molecule has 12 heteroatoms. The number of nitrogens with zero attached hydrogens (tertiary/aromatic N) is 4. The van der Waals surface area contributed by atoms with Gasteiger partial charge in [-0.05, 0) is 69.2 Å². The van der Waals surface area contributed by atoms with Crippen molar-refractivity contribution in [3.63, 3.8) is 0 Å². The zero-order chi connectivity index (χ0) is 29.2. The molecule has 0 bridgehead atoms. The molecule has 0 spiro atoms. The molecule has 3 fully saturated rings. The lowest BCUT2D eigenvalue weighted by Gasteiger charge is -2.37. The van der Waals surface area contributed by atoms with Gasteiger partial charge in [-0.2, -0.15) is 13.2 Å². The van der Waals surface area contributed by atoms with E-state index in [4.69, 9.17) is 0 Å². The number of hydrogen-bond donors (Lipinski definition) is 3. The molecule has 1 aliphatic carbocycles. The minimum absolute atomic E-state index is 0.121. The average molecular weight is 575 g/mol. The second-order valence-electron chi connectivity index (χ2n) is 11.4. The van der Waals surface area contributed by atoms with Crippen molar-refractivity contribution in [3.8, 4) is 0 Å². The molecular formula is C29H37F3N6O3. The van der Waals surface area contributed by atoms with Crippen LogP contribution < -0.4 is 15.5 Å². The van der Waals surface area contributed by atoms with Crippen LogP contribution in [0.25, 0.3) is 0 Å². The van der Waals surface area contributed by atoms with Crippen LogP contribution in [0.1, 0.15) is 66.6 Å². The Bertz CT molecular complexity index is 1230. The molecule has 3 aliphatic rings. The van der Waals surface area contributed by atoms with Gasteiger partial charge >= 0.3 is 6.18 Å². The highest BCUT2D eigenvalue weighted by Crippen LogP contribution is 2.37. The number of pyridine rings is 2. The third-order valence-corrected chi connectivity index (χ3v) is 8.75. The SMILES string of the molecule is CNC(=O)c1ccc(C2(O)CCC(NC3CCN(C(=O)C4CCN(c5cc(C(F)(F)F)ccn5)CC4)C3)CC2)nc1. The Balaban J connectivity index is 1.07. The summed E-state index contributed by atoms with van der Waals surface area (Å²) in [6, 6.07) is 5.87. The summed E-state index contributed by atoms with van der Waals surface area (Å²) in [5, 5.41) is 17.5. The van der Waals surface area contributed by atoms with Crippen LogP contribution in [0.15, 0.2) is 36.7 Å². The second kappa shape index (κ2) is 11.9. The Labute approximate surface area is 237 Å². The molecule has 2 aromatic heterocycles. The summed E-state index contributed by atoms with van der Waals surface area (Å²) in [6.07, 6.45) is 2.98. The van der Waals surface area contributed by atoms with Gasteiger partial charge in [-0.3, -0.25) is 14.6 Å². The van der Waals surface area contributed by atoms with Gasteiger partial charge in [0.15, 0.2) is 0 Å². The molecule has 2 saturated heterocycles. The zero-order valence-corrected chi connectivity index (χ0v) is 23.2. The van der Waals surface area contributed by atoms with Crippen molar-refractivity contribution in [3.05, 3.63) is 53.5 Å². The first-order valence-corrected chi connectivity index (χ1v) is 14.3. The molecule has 9 nitrogen and oxygen atoms in total. The minimum Gasteiger partial charge on any atom is -0.384 e. The van der Waals surface area contributed by atoms with Crippen LogP contribution in [0.2, 0.25) is 0 Å². The van der Waals surface area contributed by atoms with Crippen molar-refractivity contribution < 1.29 is 27.9 Å². The van der Waals surface area contributed by atoms with Crippen LogP contribution in [0.5, 0.6) is 0 Å². The minimum atomic E-state index is -4.41. The lowest BCUT2D eigenvalue weighted by atomic mass is 9.79. The Kier molecular flexibility index (Phi) is 8.51. The number of anilines is 1. The van der Waals surface area contributed by atoms with Gasteiger partial charge < -0.3 is 25.5 Å². The number of nitrogens with one attached hydrogen (secondary N) is 2. The number of likely N-dealkylation sites (tertiary alicyclic amines) is 1. The van der Waals surface area contributed by atoms with E-state index in [0.29, 0.717) is 68.9 Å². The van der Waals surface area contributed by atoms with E-state index in [1.165, 1.54) is 12.4 Å². The summed E-state index contributed by atoms with van der Waals surface area (Å²) in [7, 11) is 1.56. The predicted octanol–water partition coefficient (Wildman–Crippen LogP) is 3.09. The van der Waals surface area contributed by atoms with Crippen molar-refractivity contribution in [2.45, 2.75) is 68.8 Å². The number of halogens is 3.